The van der Waals surface area contributed by atoms with E-state index in [-0.39, 0.29) is 5.91 Å². The normalized spacial score (nSPS) is 10.2. The van der Waals surface area contributed by atoms with Crippen molar-refractivity contribution in [2.45, 2.75) is 13.5 Å². The van der Waals surface area contributed by atoms with Crippen LogP contribution in [0.3, 0.4) is 0 Å². The van der Waals surface area contributed by atoms with Crippen LogP contribution in [0.5, 0.6) is 5.75 Å². The van der Waals surface area contributed by atoms with E-state index in [0.29, 0.717) is 18.8 Å². The van der Waals surface area contributed by atoms with E-state index in [1.165, 1.54) is 11.3 Å². The fraction of sp³-hybridized carbons (Fsp3) is 0.286. The lowest BCUT2D eigenvalue weighted by Gasteiger charge is -2.20. The quantitative estimate of drug-likeness (QED) is 0.843. The summed E-state index contributed by atoms with van der Waals surface area (Å²) in [4.78, 5) is 18.0. The highest BCUT2D eigenvalue weighted by Crippen LogP contribution is 2.14. The second-order valence-corrected chi connectivity index (χ2v) is 4.76. The lowest BCUT2D eigenvalue weighted by molar-refractivity contribution is 0.0747. The number of thiazole rings is 1. The molecule has 0 bridgehead atoms. The zero-order valence-electron chi connectivity index (χ0n) is 11.0. The van der Waals surface area contributed by atoms with Crippen LogP contribution < -0.4 is 4.74 Å². The highest BCUT2D eigenvalue weighted by atomic mass is 32.1. The van der Waals surface area contributed by atoms with E-state index >= 15 is 0 Å². The van der Waals surface area contributed by atoms with Gasteiger partial charge in [0.15, 0.2) is 0 Å². The molecule has 1 heterocycles. The average Bonchev–Trinajstić information content (AvgIpc) is 2.99. The van der Waals surface area contributed by atoms with Gasteiger partial charge in [-0.05, 0) is 24.6 Å². The first-order valence-corrected chi connectivity index (χ1v) is 6.99. The van der Waals surface area contributed by atoms with E-state index < -0.39 is 0 Å². The van der Waals surface area contributed by atoms with Gasteiger partial charge >= 0.3 is 0 Å². The SMILES string of the molecule is CCN(Cc1ccc(OC)cc1)C(=O)c1cscn1. The summed E-state index contributed by atoms with van der Waals surface area (Å²) >= 11 is 1.43. The third-order valence-corrected chi connectivity index (χ3v) is 3.44. The number of rotatable bonds is 5. The lowest BCUT2D eigenvalue weighted by Crippen LogP contribution is -2.30. The van der Waals surface area contributed by atoms with Gasteiger partial charge in [-0.15, -0.1) is 11.3 Å². The van der Waals surface area contributed by atoms with Crippen LogP contribution in [0, 0.1) is 0 Å². The van der Waals surface area contributed by atoms with E-state index in [4.69, 9.17) is 4.74 Å². The van der Waals surface area contributed by atoms with Crippen molar-refractivity contribution in [3.63, 3.8) is 0 Å². The highest BCUT2D eigenvalue weighted by Gasteiger charge is 2.16. The Balaban J connectivity index is 2.08. The average molecular weight is 276 g/mol. The fourth-order valence-corrected chi connectivity index (χ4v) is 2.28. The van der Waals surface area contributed by atoms with Crippen LogP contribution in [0.15, 0.2) is 35.2 Å². The molecule has 1 amide bonds. The fourth-order valence-electron chi connectivity index (χ4n) is 1.76. The monoisotopic (exact) mass is 276 g/mol. The minimum atomic E-state index is -0.0282. The van der Waals surface area contributed by atoms with E-state index in [1.54, 1.807) is 22.9 Å². The number of carbonyl (C=O) groups excluding carboxylic acids is 1. The highest BCUT2D eigenvalue weighted by molar-refractivity contribution is 7.07. The van der Waals surface area contributed by atoms with Crippen LogP contribution >= 0.6 is 11.3 Å². The minimum absolute atomic E-state index is 0.0282. The molecule has 1 aromatic carbocycles. The number of methoxy groups -OCH3 is 1. The van der Waals surface area contributed by atoms with Crippen molar-refractivity contribution in [2.75, 3.05) is 13.7 Å². The number of amides is 1. The number of aromatic nitrogens is 1. The molecule has 0 aliphatic carbocycles. The molecule has 4 nitrogen and oxygen atoms in total. The maximum atomic E-state index is 12.2. The Morgan fingerprint density at radius 1 is 1.37 bits per heavy atom. The molecular formula is C14H16N2O2S. The van der Waals surface area contributed by atoms with Gasteiger partial charge < -0.3 is 9.64 Å². The maximum Gasteiger partial charge on any atom is 0.273 e. The number of carbonyl (C=O) groups is 1. The molecule has 0 saturated heterocycles. The van der Waals surface area contributed by atoms with Crippen molar-refractivity contribution in [1.82, 2.24) is 9.88 Å². The van der Waals surface area contributed by atoms with Crippen LogP contribution in [-0.4, -0.2) is 29.4 Å². The summed E-state index contributed by atoms with van der Waals surface area (Å²) in [6, 6.07) is 7.73. The van der Waals surface area contributed by atoms with Gasteiger partial charge in [-0.2, -0.15) is 0 Å². The second kappa shape index (κ2) is 6.33. The van der Waals surface area contributed by atoms with Gasteiger partial charge in [0, 0.05) is 18.5 Å². The Bertz CT molecular complexity index is 523. The molecule has 5 heteroatoms. The summed E-state index contributed by atoms with van der Waals surface area (Å²) in [5.41, 5.74) is 3.26. The summed E-state index contributed by atoms with van der Waals surface area (Å²) in [5.74, 6) is 0.789. The molecule has 0 unspecified atom stereocenters. The summed E-state index contributed by atoms with van der Waals surface area (Å²) in [6.07, 6.45) is 0. The molecule has 100 valence electrons. The molecule has 0 saturated carbocycles. The third-order valence-electron chi connectivity index (χ3n) is 2.85. The third kappa shape index (κ3) is 3.32. The number of hydrogen-bond acceptors (Lipinski definition) is 4. The predicted octanol–water partition coefficient (Wildman–Crippen LogP) is 2.81. The molecule has 0 atom stereocenters. The van der Waals surface area contributed by atoms with Gasteiger partial charge in [0.2, 0.25) is 0 Å². The first-order valence-electron chi connectivity index (χ1n) is 6.05. The molecule has 19 heavy (non-hydrogen) atoms. The largest absolute Gasteiger partial charge is 0.497 e. The number of ether oxygens (including phenoxy) is 1. The van der Waals surface area contributed by atoms with Gasteiger partial charge in [-0.25, -0.2) is 4.98 Å². The molecule has 0 radical (unpaired) electrons. The minimum Gasteiger partial charge on any atom is -0.497 e. The summed E-state index contributed by atoms with van der Waals surface area (Å²) in [5, 5.41) is 1.78. The van der Waals surface area contributed by atoms with Crippen LogP contribution in [0.25, 0.3) is 0 Å². The van der Waals surface area contributed by atoms with Crippen molar-refractivity contribution in [1.29, 1.82) is 0 Å². The summed E-state index contributed by atoms with van der Waals surface area (Å²) in [7, 11) is 1.64. The Morgan fingerprint density at radius 3 is 2.63 bits per heavy atom. The number of nitrogens with zero attached hydrogens (tertiary/aromatic N) is 2. The molecule has 0 aliphatic heterocycles. The van der Waals surface area contributed by atoms with Crippen molar-refractivity contribution < 1.29 is 9.53 Å². The first-order chi connectivity index (χ1) is 9.24. The van der Waals surface area contributed by atoms with Crippen LogP contribution in [0.2, 0.25) is 0 Å². The summed E-state index contributed by atoms with van der Waals surface area (Å²) in [6.45, 7) is 3.20. The van der Waals surface area contributed by atoms with Gasteiger partial charge in [-0.1, -0.05) is 12.1 Å². The number of hydrogen-bond donors (Lipinski definition) is 0. The molecule has 0 spiro atoms. The van der Waals surface area contributed by atoms with Gasteiger partial charge in [0.25, 0.3) is 5.91 Å². The molecule has 0 N–H and O–H groups in total. The standard InChI is InChI=1S/C14H16N2O2S/c1-3-16(14(17)13-9-19-10-15-13)8-11-4-6-12(18-2)7-5-11/h4-7,9-10H,3,8H2,1-2H3. The topological polar surface area (TPSA) is 42.4 Å². The van der Waals surface area contributed by atoms with Crippen LogP contribution in [0.1, 0.15) is 23.0 Å². The predicted molar refractivity (Wildman–Crippen MR) is 75.5 cm³/mol. The second-order valence-electron chi connectivity index (χ2n) is 4.04. The molecular weight excluding hydrogens is 260 g/mol. The molecule has 1 aromatic heterocycles. The molecule has 0 fully saturated rings. The van der Waals surface area contributed by atoms with E-state index in [0.717, 1.165) is 11.3 Å². The molecule has 2 rings (SSSR count). The first kappa shape index (κ1) is 13.5. The molecule has 2 aromatic rings. The van der Waals surface area contributed by atoms with Crippen molar-refractivity contribution in [2.24, 2.45) is 0 Å². The lowest BCUT2D eigenvalue weighted by atomic mass is 10.2. The maximum absolute atomic E-state index is 12.2. The Kier molecular flexibility index (Phi) is 4.52. The zero-order chi connectivity index (χ0) is 13.7. The van der Waals surface area contributed by atoms with E-state index in [1.807, 2.05) is 31.2 Å². The Hall–Kier alpha value is -1.88. The zero-order valence-corrected chi connectivity index (χ0v) is 11.8. The van der Waals surface area contributed by atoms with Crippen LogP contribution in [0.4, 0.5) is 0 Å². The van der Waals surface area contributed by atoms with Crippen molar-refractivity contribution in [3.05, 3.63) is 46.4 Å². The Labute approximate surface area is 116 Å². The Morgan fingerprint density at radius 2 is 2.11 bits per heavy atom. The van der Waals surface area contributed by atoms with Gasteiger partial charge in [0.1, 0.15) is 11.4 Å². The van der Waals surface area contributed by atoms with E-state index in [9.17, 15) is 4.79 Å². The summed E-state index contributed by atoms with van der Waals surface area (Å²) < 4.78 is 5.12. The smallest absolute Gasteiger partial charge is 0.273 e. The van der Waals surface area contributed by atoms with Crippen molar-refractivity contribution in [3.8, 4) is 5.75 Å². The van der Waals surface area contributed by atoms with Crippen LogP contribution in [-0.2, 0) is 6.54 Å². The molecule has 0 aliphatic rings. The number of benzene rings is 1. The van der Waals surface area contributed by atoms with Gasteiger partial charge in [0.05, 0.1) is 12.6 Å². The van der Waals surface area contributed by atoms with E-state index in [2.05, 4.69) is 4.98 Å². The van der Waals surface area contributed by atoms with Gasteiger partial charge in [-0.3, -0.25) is 4.79 Å². The van der Waals surface area contributed by atoms with Crippen molar-refractivity contribution >= 4 is 17.2 Å².